The Balaban J connectivity index is 2.44. The number of carbonyl (C=O) groups excluding carboxylic acids is 1. The first kappa shape index (κ1) is 10.2. The molecule has 16 heavy (non-hydrogen) atoms. The molecule has 0 radical (unpaired) electrons. The van der Waals surface area contributed by atoms with Gasteiger partial charge in [-0.15, -0.1) is 0 Å². The lowest BCUT2D eigenvalue weighted by Crippen LogP contribution is -2.04. The molecule has 2 N–H and O–H groups in total. The number of aromatic nitrogens is 2. The minimum atomic E-state index is -0.499. The molecule has 2 rings (SSSR count). The molecule has 5 nitrogen and oxygen atoms in total. The van der Waals surface area contributed by atoms with Crippen molar-refractivity contribution >= 4 is 11.8 Å². The molecule has 0 saturated heterocycles. The van der Waals surface area contributed by atoms with Crippen molar-refractivity contribution in [2.45, 2.75) is 0 Å². The Labute approximate surface area is 92.4 Å². The molecule has 0 aliphatic rings. The van der Waals surface area contributed by atoms with E-state index in [0.717, 1.165) is 5.69 Å². The van der Waals surface area contributed by atoms with Crippen LogP contribution < -0.4 is 5.73 Å². The number of esters is 1. The summed E-state index contributed by atoms with van der Waals surface area (Å²) in [5.41, 5.74) is 6.76. The van der Waals surface area contributed by atoms with E-state index >= 15 is 0 Å². The van der Waals surface area contributed by atoms with Gasteiger partial charge in [-0.3, -0.25) is 0 Å². The summed E-state index contributed by atoms with van der Waals surface area (Å²) in [4.78, 5) is 11.3. The van der Waals surface area contributed by atoms with E-state index < -0.39 is 5.97 Å². The molecule has 2 aromatic rings. The normalized spacial score (nSPS) is 10.1. The average Bonchev–Trinajstić information content (AvgIpc) is 2.71. The summed E-state index contributed by atoms with van der Waals surface area (Å²) >= 11 is 0. The lowest BCUT2D eigenvalue weighted by Gasteiger charge is -2.02. The Morgan fingerprint density at radius 2 is 2.06 bits per heavy atom. The van der Waals surface area contributed by atoms with E-state index in [9.17, 15) is 4.79 Å². The highest BCUT2D eigenvalue weighted by Crippen LogP contribution is 2.14. The number of para-hydroxylation sites is 1. The van der Waals surface area contributed by atoms with Gasteiger partial charge in [0.1, 0.15) is 5.82 Å². The molecule has 0 aliphatic carbocycles. The number of nitrogen functional groups attached to an aromatic ring is 1. The molecule has 5 heteroatoms. The van der Waals surface area contributed by atoms with Crippen molar-refractivity contribution in [1.29, 1.82) is 0 Å². The number of anilines is 1. The van der Waals surface area contributed by atoms with Crippen LogP contribution in [0, 0.1) is 0 Å². The molecule has 0 bridgehead atoms. The predicted octanol–water partition coefficient (Wildman–Crippen LogP) is 1.24. The van der Waals surface area contributed by atoms with Crippen LogP contribution in [0.5, 0.6) is 0 Å². The Hall–Kier alpha value is -2.30. The summed E-state index contributed by atoms with van der Waals surface area (Å²) in [5.74, 6) is -0.104. The third-order valence-corrected chi connectivity index (χ3v) is 2.13. The van der Waals surface area contributed by atoms with Crippen molar-refractivity contribution in [2.24, 2.45) is 0 Å². The SMILES string of the molecule is COC(=O)c1cc(N)n(-c2ccccc2)n1. The number of methoxy groups -OCH3 is 1. The monoisotopic (exact) mass is 217 g/mol. The Morgan fingerprint density at radius 3 is 2.69 bits per heavy atom. The number of nitrogens with two attached hydrogens (primary N) is 1. The van der Waals surface area contributed by atoms with E-state index in [0.29, 0.717) is 5.82 Å². The number of hydrogen-bond acceptors (Lipinski definition) is 4. The van der Waals surface area contributed by atoms with Gasteiger partial charge in [0.2, 0.25) is 0 Å². The lowest BCUT2D eigenvalue weighted by molar-refractivity contribution is 0.0593. The maximum Gasteiger partial charge on any atom is 0.358 e. The molecule has 1 aromatic carbocycles. The van der Waals surface area contributed by atoms with Crippen molar-refractivity contribution in [3.8, 4) is 5.69 Å². The number of rotatable bonds is 2. The molecule has 0 atom stereocenters. The second kappa shape index (κ2) is 4.06. The van der Waals surface area contributed by atoms with Crippen molar-refractivity contribution in [3.05, 3.63) is 42.1 Å². The van der Waals surface area contributed by atoms with Crippen LogP contribution in [0.4, 0.5) is 5.82 Å². The highest BCUT2D eigenvalue weighted by Gasteiger charge is 2.13. The zero-order valence-electron chi connectivity index (χ0n) is 8.75. The molecule has 0 fully saturated rings. The fraction of sp³-hybridized carbons (Fsp3) is 0.0909. The van der Waals surface area contributed by atoms with Crippen LogP contribution in [-0.4, -0.2) is 22.9 Å². The van der Waals surface area contributed by atoms with Crippen molar-refractivity contribution < 1.29 is 9.53 Å². The number of nitrogens with zero attached hydrogens (tertiary/aromatic N) is 2. The third-order valence-electron chi connectivity index (χ3n) is 2.13. The minimum absolute atomic E-state index is 0.198. The van der Waals surface area contributed by atoms with E-state index in [1.54, 1.807) is 0 Å². The summed E-state index contributed by atoms with van der Waals surface area (Å²) in [6, 6.07) is 10.8. The predicted molar refractivity (Wildman–Crippen MR) is 59.3 cm³/mol. The minimum Gasteiger partial charge on any atom is -0.464 e. The number of benzene rings is 1. The highest BCUT2D eigenvalue weighted by molar-refractivity contribution is 5.88. The van der Waals surface area contributed by atoms with Crippen LogP contribution in [0.15, 0.2) is 36.4 Å². The van der Waals surface area contributed by atoms with E-state index in [-0.39, 0.29) is 5.69 Å². The van der Waals surface area contributed by atoms with E-state index in [1.807, 2.05) is 30.3 Å². The zero-order valence-corrected chi connectivity index (χ0v) is 8.75. The van der Waals surface area contributed by atoms with Gasteiger partial charge in [-0.1, -0.05) is 18.2 Å². The van der Waals surface area contributed by atoms with Gasteiger partial charge in [0.15, 0.2) is 5.69 Å². The van der Waals surface area contributed by atoms with Crippen molar-refractivity contribution in [2.75, 3.05) is 12.8 Å². The first-order chi connectivity index (χ1) is 7.72. The van der Waals surface area contributed by atoms with E-state index in [2.05, 4.69) is 9.84 Å². The van der Waals surface area contributed by atoms with E-state index in [4.69, 9.17) is 5.73 Å². The summed E-state index contributed by atoms with van der Waals surface area (Å²) < 4.78 is 6.06. The first-order valence-corrected chi connectivity index (χ1v) is 4.71. The van der Waals surface area contributed by atoms with Gasteiger partial charge in [-0.25, -0.2) is 9.48 Å². The number of carbonyl (C=O) groups is 1. The number of hydrogen-bond donors (Lipinski definition) is 1. The fourth-order valence-corrected chi connectivity index (χ4v) is 1.38. The standard InChI is InChI=1S/C11H11N3O2/c1-16-11(15)9-7-10(12)14(13-9)8-5-3-2-4-6-8/h2-7H,12H2,1H3. The second-order valence-electron chi connectivity index (χ2n) is 3.19. The van der Waals surface area contributed by atoms with Gasteiger partial charge < -0.3 is 10.5 Å². The molecule has 82 valence electrons. The molecule has 0 aliphatic heterocycles. The van der Waals surface area contributed by atoms with Crippen molar-refractivity contribution in [3.63, 3.8) is 0 Å². The van der Waals surface area contributed by atoms with Crippen molar-refractivity contribution in [1.82, 2.24) is 9.78 Å². The van der Waals surface area contributed by atoms with Crippen LogP contribution in [0.2, 0.25) is 0 Å². The highest BCUT2D eigenvalue weighted by atomic mass is 16.5. The van der Waals surface area contributed by atoms with Gasteiger partial charge in [0.05, 0.1) is 12.8 Å². The summed E-state index contributed by atoms with van der Waals surface area (Å²) in [7, 11) is 1.31. The molecule has 0 amide bonds. The van der Waals surface area contributed by atoms with Crippen LogP contribution in [-0.2, 0) is 4.74 Å². The van der Waals surface area contributed by atoms with Gasteiger partial charge in [-0.05, 0) is 12.1 Å². The second-order valence-corrected chi connectivity index (χ2v) is 3.19. The molecule has 0 unspecified atom stereocenters. The quantitative estimate of drug-likeness (QED) is 0.768. The summed E-state index contributed by atoms with van der Waals surface area (Å²) in [5, 5.41) is 4.07. The maximum absolute atomic E-state index is 11.3. The zero-order chi connectivity index (χ0) is 11.5. The molecule has 1 aromatic heterocycles. The Morgan fingerprint density at radius 1 is 1.38 bits per heavy atom. The lowest BCUT2D eigenvalue weighted by atomic mass is 10.3. The Kier molecular flexibility index (Phi) is 2.59. The maximum atomic E-state index is 11.3. The Bertz CT molecular complexity index is 505. The first-order valence-electron chi connectivity index (χ1n) is 4.71. The summed E-state index contributed by atoms with van der Waals surface area (Å²) in [6.45, 7) is 0. The summed E-state index contributed by atoms with van der Waals surface area (Å²) in [6.07, 6.45) is 0. The molecular weight excluding hydrogens is 206 g/mol. The van der Waals surface area contributed by atoms with Crippen LogP contribution in [0.1, 0.15) is 10.5 Å². The molecule has 0 spiro atoms. The topological polar surface area (TPSA) is 70.1 Å². The van der Waals surface area contributed by atoms with Gasteiger partial charge >= 0.3 is 5.97 Å². The average molecular weight is 217 g/mol. The molecule has 1 heterocycles. The molecule has 0 saturated carbocycles. The number of ether oxygens (including phenoxy) is 1. The van der Waals surface area contributed by atoms with Crippen LogP contribution >= 0.6 is 0 Å². The van der Waals surface area contributed by atoms with E-state index in [1.165, 1.54) is 17.9 Å². The van der Waals surface area contributed by atoms with Gasteiger partial charge in [0.25, 0.3) is 0 Å². The third kappa shape index (κ3) is 1.75. The fourth-order valence-electron chi connectivity index (χ4n) is 1.38. The largest absolute Gasteiger partial charge is 0.464 e. The molecular formula is C11H11N3O2. The van der Waals surface area contributed by atoms with Gasteiger partial charge in [0, 0.05) is 6.07 Å². The van der Waals surface area contributed by atoms with Gasteiger partial charge in [-0.2, -0.15) is 5.10 Å². The van der Waals surface area contributed by atoms with Crippen LogP contribution in [0.25, 0.3) is 5.69 Å². The smallest absolute Gasteiger partial charge is 0.358 e. The van der Waals surface area contributed by atoms with Crippen LogP contribution in [0.3, 0.4) is 0 Å².